The van der Waals surface area contributed by atoms with E-state index in [4.69, 9.17) is 9.52 Å². The second kappa shape index (κ2) is 4.85. The number of carbonyl (C=O) groups is 2. The Hall–Kier alpha value is -2.76. The Bertz CT molecular complexity index is 644. The van der Waals surface area contributed by atoms with Crippen LogP contribution in [0.15, 0.2) is 34.9 Å². The maximum atomic E-state index is 11.9. The maximum Gasteiger partial charge on any atom is 0.339 e. The quantitative estimate of drug-likeness (QED) is 0.736. The SMILES string of the molecule is Cc1occc1C(=O)Nc1cccc(C(=O)O)c1O. The molecule has 0 unspecified atom stereocenters. The molecule has 0 saturated carbocycles. The van der Waals surface area contributed by atoms with Gasteiger partial charge in [-0.15, -0.1) is 0 Å². The van der Waals surface area contributed by atoms with Crippen molar-refractivity contribution >= 4 is 17.6 Å². The molecule has 0 aliphatic rings. The summed E-state index contributed by atoms with van der Waals surface area (Å²) in [4.78, 5) is 22.8. The van der Waals surface area contributed by atoms with Gasteiger partial charge in [0.2, 0.25) is 0 Å². The van der Waals surface area contributed by atoms with Crippen LogP contribution < -0.4 is 5.32 Å². The number of nitrogens with one attached hydrogen (secondary N) is 1. The molecule has 1 aromatic carbocycles. The van der Waals surface area contributed by atoms with E-state index in [1.54, 1.807) is 6.92 Å². The van der Waals surface area contributed by atoms with E-state index in [2.05, 4.69) is 5.32 Å². The van der Waals surface area contributed by atoms with Crippen LogP contribution in [0.25, 0.3) is 0 Å². The first-order valence-electron chi connectivity index (χ1n) is 5.41. The number of carboxylic acids is 1. The number of carboxylic acid groups (broad SMARTS) is 1. The van der Waals surface area contributed by atoms with Crippen LogP contribution in [0.3, 0.4) is 0 Å². The first-order valence-corrected chi connectivity index (χ1v) is 5.41. The van der Waals surface area contributed by atoms with Crippen LogP contribution >= 0.6 is 0 Å². The number of furan rings is 1. The average molecular weight is 261 g/mol. The molecule has 0 saturated heterocycles. The van der Waals surface area contributed by atoms with E-state index in [0.717, 1.165) is 0 Å². The van der Waals surface area contributed by atoms with E-state index in [0.29, 0.717) is 11.3 Å². The molecule has 0 spiro atoms. The van der Waals surface area contributed by atoms with Gasteiger partial charge in [0.05, 0.1) is 17.5 Å². The fraction of sp³-hybridized carbons (Fsp3) is 0.0769. The van der Waals surface area contributed by atoms with Crippen LogP contribution in [0.4, 0.5) is 5.69 Å². The highest BCUT2D eigenvalue weighted by atomic mass is 16.4. The number of hydrogen-bond acceptors (Lipinski definition) is 4. The molecule has 0 bridgehead atoms. The van der Waals surface area contributed by atoms with Gasteiger partial charge < -0.3 is 19.9 Å². The summed E-state index contributed by atoms with van der Waals surface area (Å²) in [5.74, 6) is -1.80. The van der Waals surface area contributed by atoms with Crippen molar-refractivity contribution in [3.05, 3.63) is 47.4 Å². The van der Waals surface area contributed by atoms with Gasteiger partial charge in [-0.3, -0.25) is 4.79 Å². The molecule has 0 aliphatic carbocycles. The predicted octanol–water partition coefficient (Wildman–Crippen LogP) is 2.24. The molecule has 6 nitrogen and oxygen atoms in total. The molecule has 3 N–H and O–H groups in total. The van der Waals surface area contributed by atoms with E-state index in [1.807, 2.05) is 0 Å². The largest absolute Gasteiger partial charge is 0.505 e. The van der Waals surface area contributed by atoms with Crippen LogP contribution in [0, 0.1) is 6.92 Å². The van der Waals surface area contributed by atoms with E-state index in [-0.39, 0.29) is 11.3 Å². The second-order valence-corrected chi connectivity index (χ2v) is 3.85. The molecule has 1 aromatic heterocycles. The van der Waals surface area contributed by atoms with Crippen molar-refractivity contribution < 1.29 is 24.2 Å². The first kappa shape index (κ1) is 12.7. The molecule has 2 aromatic rings. The first-order chi connectivity index (χ1) is 9.00. The third kappa shape index (κ3) is 2.42. The Labute approximate surface area is 108 Å². The van der Waals surface area contributed by atoms with Crippen molar-refractivity contribution in [1.82, 2.24) is 0 Å². The second-order valence-electron chi connectivity index (χ2n) is 3.85. The number of amides is 1. The molecule has 1 amide bonds. The number of aromatic hydroxyl groups is 1. The number of aryl methyl sites for hydroxylation is 1. The Morgan fingerprint density at radius 3 is 2.53 bits per heavy atom. The molecular formula is C13H11NO5. The van der Waals surface area contributed by atoms with Crippen molar-refractivity contribution in [1.29, 1.82) is 0 Å². The highest BCUT2D eigenvalue weighted by Crippen LogP contribution is 2.28. The summed E-state index contributed by atoms with van der Waals surface area (Å²) < 4.78 is 5.00. The molecule has 2 rings (SSSR count). The number of carbonyl (C=O) groups excluding carboxylic acids is 1. The topological polar surface area (TPSA) is 99.8 Å². The van der Waals surface area contributed by atoms with Gasteiger partial charge in [0.15, 0.2) is 5.75 Å². The number of aromatic carboxylic acids is 1. The number of phenols is 1. The van der Waals surface area contributed by atoms with E-state index in [9.17, 15) is 14.7 Å². The van der Waals surface area contributed by atoms with Crippen molar-refractivity contribution in [2.24, 2.45) is 0 Å². The van der Waals surface area contributed by atoms with Gasteiger partial charge in [-0.05, 0) is 25.1 Å². The Morgan fingerprint density at radius 1 is 1.21 bits per heavy atom. The lowest BCUT2D eigenvalue weighted by atomic mass is 10.1. The average Bonchev–Trinajstić information content (AvgIpc) is 2.77. The Balaban J connectivity index is 2.30. The number of hydrogen-bond donors (Lipinski definition) is 3. The molecule has 6 heteroatoms. The van der Waals surface area contributed by atoms with Crippen molar-refractivity contribution in [2.75, 3.05) is 5.32 Å². The van der Waals surface area contributed by atoms with Crippen LogP contribution in [-0.4, -0.2) is 22.1 Å². The number of benzene rings is 1. The molecular weight excluding hydrogens is 250 g/mol. The van der Waals surface area contributed by atoms with E-state index >= 15 is 0 Å². The fourth-order valence-corrected chi connectivity index (χ4v) is 1.63. The third-order valence-electron chi connectivity index (χ3n) is 2.62. The van der Waals surface area contributed by atoms with Gasteiger partial charge in [0.1, 0.15) is 11.3 Å². The predicted molar refractivity (Wildman–Crippen MR) is 66.5 cm³/mol. The van der Waals surface area contributed by atoms with Crippen LogP contribution in [0.5, 0.6) is 5.75 Å². The highest BCUT2D eigenvalue weighted by Gasteiger charge is 2.17. The summed E-state index contributed by atoms with van der Waals surface area (Å²) in [5, 5.41) is 21.1. The molecule has 0 aliphatic heterocycles. The van der Waals surface area contributed by atoms with Gasteiger partial charge in [0, 0.05) is 0 Å². The number of anilines is 1. The zero-order chi connectivity index (χ0) is 14.0. The van der Waals surface area contributed by atoms with Gasteiger partial charge in [0.25, 0.3) is 5.91 Å². The minimum absolute atomic E-state index is 0.0329. The Morgan fingerprint density at radius 2 is 1.95 bits per heavy atom. The Kier molecular flexibility index (Phi) is 3.24. The molecule has 98 valence electrons. The van der Waals surface area contributed by atoms with Gasteiger partial charge >= 0.3 is 5.97 Å². The standard InChI is InChI=1S/C13H11NO5/c1-7-8(5-6-19-7)12(16)14-10-4-2-3-9(11(10)15)13(17)18/h2-6,15H,1H3,(H,14,16)(H,17,18). The van der Waals surface area contributed by atoms with E-state index < -0.39 is 17.6 Å². The van der Waals surface area contributed by atoms with Crippen molar-refractivity contribution in [2.45, 2.75) is 6.92 Å². The van der Waals surface area contributed by atoms with Gasteiger partial charge in [-0.25, -0.2) is 4.79 Å². The highest BCUT2D eigenvalue weighted by molar-refractivity contribution is 6.06. The van der Waals surface area contributed by atoms with Crippen molar-refractivity contribution in [3.63, 3.8) is 0 Å². The molecule has 0 radical (unpaired) electrons. The summed E-state index contributed by atoms with van der Waals surface area (Å²) in [6.45, 7) is 1.63. The normalized spacial score (nSPS) is 10.2. The maximum absolute atomic E-state index is 11.9. The zero-order valence-corrected chi connectivity index (χ0v) is 10.0. The van der Waals surface area contributed by atoms with Crippen LogP contribution in [-0.2, 0) is 0 Å². The molecule has 19 heavy (non-hydrogen) atoms. The summed E-state index contributed by atoms with van der Waals surface area (Å²) in [5.41, 5.74) is 0.0762. The molecule has 1 heterocycles. The van der Waals surface area contributed by atoms with Gasteiger partial charge in [-0.1, -0.05) is 6.07 Å². The smallest absolute Gasteiger partial charge is 0.339 e. The lowest BCUT2D eigenvalue weighted by Crippen LogP contribution is -2.13. The van der Waals surface area contributed by atoms with Gasteiger partial charge in [-0.2, -0.15) is 0 Å². The fourth-order valence-electron chi connectivity index (χ4n) is 1.63. The molecule has 0 atom stereocenters. The monoisotopic (exact) mass is 261 g/mol. The summed E-state index contributed by atoms with van der Waals surface area (Å²) >= 11 is 0. The minimum atomic E-state index is -1.27. The number of para-hydroxylation sites is 1. The number of rotatable bonds is 3. The summed E-state index contributed by atoms with van der Waals surface area (Å²) in [6, 6.07) is 5.58. The third-order valence-corrected chi connectivity index (χ3v) is 2.62. The van der Waals surface area contributed by atoms with Crippen LogP contribution in [0.1, 0.15) is 26.5 Å². The molecule has 0 fully saturated rings. The lowest BCUT2D eigenvalue weighted by molar-refractivity contribution is 0.0693. The lowest BCUT2D eigenvalue weighted by Gasteiger charge is -2.08. The summed E-state index contributed by atoms with van der Waals surface area (Å²) in [7, 11) is 0. The zero-order valence-electron chi connectivity index (χ0n) is 10.0. The van der Waals surface area contributed by atoms with E-state index in [1.165, 1.54) is 30.5 Å². The van der Waals surface area contributed by atoms with Crippen molar-refractivity contribution in [3.8, 4) is 5.75 Å². The van der Waals surface area contributed by atoms with Crippen LogP contribution in [0.2, 0.25) is 0 Å². The minimum Gasteiger partial charge on any atom is -0.505 e. The summed E-state index contributed by atoms with van der Waals surface area (Å²) in [6.07, 6.45) is 1.37.